The molecule has 13 heavy (non-hydrogen) atoms. The van der Waals surface area contributed by atoms with Crippen molar-refractivity contribution >= 4 is 29.9 Å². The number of nitrogens with zero attached hydrogens (tertiary/aromatic N) is 1. The van der Waals surface area contributed by atoms with Crippen molar-refractivity contribution in [2.75, 3.05) is 24.2 Å². The van der Waals surface area contributed by atoms with Crippen molar-refractivity contribution in [1.82, 2.24) is 0 Å². The van der Waals surface area contributed by atoms with Crippen LogP contribution in [0.5, 0.6) is 0 Å². The monoisotopic (exact) mass is 219 g/mol. The summed E-state index contributed by atoms with van der Waals surface area (Å²) in [7, 11) is 1.92. The molecule has 1 aromatic carbocycles. The third kappa shape index (κ3) is 2.78. The topological polar surface area (TPSA) is 3.24 Å². The number of rotatable bonds is 3. The van der Waals surface area contributed by atoms with Crippen LogP contribution in [0.3, 0.4) is 0 Å². The SMILES string of the molecule is CN(CCS)c1ccc(F)c(Cl)c1. The highest BCUT2D eigenvalue weighted by atomic mass is 35.5. The average Bonchev–Trinajstić information content (AvgIpc) is 2.10. The lowest BCUT2D eigenvalue weighted by atomic mass is 10.3. The van der Waals surface area contributed by atoms with Gasteiger partial charge in [-0.3, -0.25) is 0 Å². The molecule has 4 heteroatoms. The normalized spacial score (nSPS) is 10.2. The second kappa shape index (κ2) is 4.72. The Kier molecular flexibility index (Phi) is 3.88. The second-order valence-corrected chi connectivity index (χ2v) is 3.60. The van der Waals surface area contributed by atoms with E-state index in [-0.39, 0.29) is 10.8 Å². The van der Waals surface area contributed by atoms with E-state index in [4.69, 9.17) is 11.6 Å². The van der Waals surface area contributed by atoms with Gasteiger partial charge < -0.3 is 4.90 Å². The molecule has 0 aromatic heterocycles. The van der Waals surface area contributed by atoms with Crippen molar-refractivity contribution < 1.29 is 4.39 Å². The van der Waals surface area contributed by atoms with E-state index in [1.807, 2.05) is 11.9 Å². The van der Waals surface area contributed by atoms with E-state index in [9.17, 15) is 4.39 Å². The maximum atomic E-state index is 12.8. The van der Waals surface area contributed by atoms with Gasteiger partial charge in [0.15, 0.2) is 0 Å². The Labute approximate surface area is 87.9 Å². The Morgan fingerprint density at radius 3 is 2.77 bits per heavy atom. The molecule has 0 spiro atoms. The molecule has 0 bridgehead atoms. The highest BCUT2D eigenvalue weighted by Crippen LogP contribution is 2.21. The second-order valence-electron chi connectivity index (χ2n) is 2.74. The van der Waals surface area contributed by atoms with E-state index >= 15 is 0 Å². The summed E-state index contributed by atoms with van der Waals surface area (Å²) >= 11 is 9.74. The van der Waals surface area contributed by atoms with Gasteiger partial charge >= 0.3 is 0 Å². The summed E-state index contributed by atoms with van der Waals surface area (Å²) in [6, 6.07) is 4.68. The van der Waals surface area contributed by atoms with Gasteiger partial charge in [-0.1, -0.05) is 11.6 Å². The zero-order chi connectivity index (χ0) is 9.84. The molecule has 0 fully saturated rings. The lowest BCUT2D eigenvalue weighted by Gasteiger charge is -2.18. The van der Waals surface area contributed by atoms with Crippen molar-refractivity contribution in [1.29, 1.82) is 0 Å². The first kappa shape index (κ1) is 10.7. The van der Waals surface area contributed by atoms with E-state index in [0.717, 1.165) is 18.0 Å². The van der Waals surface area contributed by atoms with Gasteiger partial charge in [-0.25, -0.2) is 4.39 Å². The molecular formula is C9H11ClFNS. The third-order valence-corrected chi connectivity index (χ3v) is 2.27. The standard InChI is InChI=1S/C9H11ClFNS/c1-12(4-5-13)7-2-3-9(11)8(10)6-7/h2-3,6,13H,4-5H2,1H3. The van der Waals surface area contributed by atoms with Crippen LogP contribution in [0, 0.1) is 5.82 Å². The summed E-state index contributed by atoms with van der Waals surface area (Å²) in [6.07, 6.45) is 0. The van der Waals surface area contributed by atoms with Crippen LogP contribution in [0.2, 0.25) is 5.02 Å². The van der Waals surface area contributed by atoms with Crippen LogP contribution in [0.1, 0.15) is 0 Å². The molecule has 0 unspecified atom stereocenters. The van der Waals surface area contributed by atoms with Gasteiger partial charge in [-0.2, -0.15) is 12.6 Å². The zero-order valence-corrected chi connectivity index (χ0v) is 8.95. The molecular weight excluding hydrogens is 209 g/mol. The largest absolute Gasteiger partial charge is 0.374 e. The van der Waals surface area contributed by atoms with Crippen molar-refractivity contribution in [3.63, 3.8) is 0 Å². The molecule has 1 rings (SSSR count). The van der Waals surface area contributed by atoms with E-state index in [1.165, 1.54) is 6.07 Å². The minimum absolute atomic E-state index is 0.156. The Balaban J connectivity index is 2.84. The fourth-order valence-corrected chi connectivity index (χ4v) is 1.48. The van der Waals surface area contributed by atoms with Crippen molar-refractivity contribution in [2.45, 2.75) is 0 Å². The van der Waals surface area contributed by atoms with Crippen LogP contribution in [0.15, 0.2) is 18.2 Å². The summed E-state index contributed by atoms with van der Waals surface area (Å²) < 4.78 is 12.8. The molecule has 0 saturated carbocycles. The van der Waals surface area contributed by atoms with Crippen LogP contribution in [-0.2, 0) is 0 Å². The molecule has 0 aliphatic heterocycles. The zero-order valence-electron chi connectivity index (χ0n) is 7.30. The van der Waals surface area contributed by atoms with Gasteiger partial charge in [0.2, 0.25) is 0 Å². The number of thiol groups is 1. The predicted octanol–water partition coefficient (Wildman–Crippen LogP) is 2.85. The molecule has 72 valence electrons. The van der Waals surface area contributed by atoms with Crippen LogP contribution >= 0.6 is 24.2 Å². The summed E-state index contributed by atoms with van der Waals surface area (Å²) in [5.74, 6) is 0.371. The van der Waals surface area contributed by atoms with E-state index in [1.54, 1.807) is 12.1 Å². The maximum Gasteiger partial charge on any atom is 0.141 e. The summed E-state index contributed by atoms with van der Waals surface area (Å²) in [5.41, 5.74) is 0.903. The molecule has 0 amide bonds. The number of halogens is 2. The summed E-state index contributed by atoms with van der Waals surface area (Å²) in [6.45, 7) is 0.811. The third-order valence-electron chi connectivity index (χ3n) is 1.78. The highest BCUT2D eigenvalue weighted by molar-refractivity contribution is 7.80. The fraction of sp³-hybridized carbons (Fsp3) is 0.333. The van der Waals surface area contributed by atoms with Gasteiger partial charge in [0.1, 0.15) is 5.82 Å². The minimum Gasteiger partial charge on any atom is -0.374 e. The lowest BCUT2D eigenvalue weighted by molar-refractivity contribution is 0.628. The van der Waals surface area contributed by atoms with Crippen LogP contribution < -0.4 is 4.90 Å². The number of hydrogen-bond donors (Lipinski definition) is 1. The summed E-state index contributed by atoms with van der Waals surface area (Å²) in [4.78, 5) is 1.97. The van der Waals surface area contributed by atoms with Crippen molar-refractivity contribution in [2.24, 2.45) is 0 Å². The first-order valence-corrected chi connectivity index (χ1v) is 4.93. The van der Waals surface area contributed by atoms with Gasteiger partial charge in [-0.05, 0) is 18.2 Å². The Morgan fingerprint density at radius 2 is 2.23 bits per heavy atom. The Bertz CT molecular complexity index is 293. The molecule has 0 atom stereocenters. The van der Waals surface area contributed by atoms with Gasteiger partial charge in [0, 0.05) is 25.0 Å². The molecule has 0 N–H and O–H groups in total. The summed E-state index contributed by atoms with van der Waals surface area (Å²) in [5, 5.41) is 0.156. The molecule has 0 heterocycles. The fourth-order valence-electron chi connectivity index (χ4n) is 1.00. The molecule has 0 radical (unpaired) electrons. The van der Waals surface area contributed by atoms with Crippen molar-refractivity contribution in [3.05, 3.63) is 29.0 Å². The lowest BCUT2D eigenvalue weighted by Crippen LogP contribution is -2.19. The smallest absolute Gasteiger partial charge is 0.141 e. The van der Waals surface area contributed by atoms with E-state index < -0.39 is 0 Å². The number of hydrogen-bond acceptors (Lipinski definition) is 2. The van der Waals surface area contributed by atoms with E-state index in [2.05, 4.69) is 12.6 Å². The first-order valence-electron chi connectivity index (χ1n) is 3.92. The molecule has 0 saturated heterocycles. The van der Waals surface area contributed by atoms with Gasteiger partial charge in [0.25, 0.3) is 0 Å². The molecule has 1 nitrogen and oxygen atoms in total. The molecule has 0 aliphatic carbocycles. The van der Waals surface area contributed by atoms with Crippen LogP contribution in [0.4, 0.5) is 10.1 Å². The maximum absolute atomic E-state index is 12.8. The van der Waals surface area contributed by atoms with Crippen LogP contribution in [0.25, 0.3) is 0 Å². The van der Waals surface area contributed by atoms with Gasteiger partial charge in [-0.15, -0.1) is 0 Å². The average molecular weight is 220 g/mol. The molecule has 1 aromatic rings. The molecule has 0 aliphatic rings. The predicted molar refractivity (Wildman–Crippen MR) is 58.5 cm³/mol. The number of anilines is 1. The van der Waals surface area contributed by atoms with E-state index in [0.29, 0.717) is 0 Å². The van der Waals surface area contributed by atoms with Gasteiger partial charge in [0.05, 0.1) is 5.02 Å². The highest BCUT2D eigenvalue weighted by Gasteiger charge is 2.03. The van der Waals surface area contributed by atoms with Crippen molar-refractivity contribution in [3.8, 4) is 0 Å². The minimum atomic E-state index is -0.385. The Morgan fingerprint density at radius 1 is 1.54 bits per heavy atom. The Hall–Kier alpha value is -0.410. The number of benzene rings is 1. The van der Waals surface area contributed by atoms with Crippen LogP contribution in [-0.4, -0.2) is 19.3 Å². The first-order chi connectivity index (χ1) is 6.15. The quantitative estimate of drug-likeness (QED) is 0.766.